The number of fused-ring (bicyclic) bond motifs is 1. The van der Waals surface area contributed by atoms with E-state index in [1.807, 2.05) is 30.6 Å². The normalized spacial score (nSPS) is 33.5. The zero-order chi connectivity index (χ0) is 29.6. The third kappa shape index (κ3) is 5.93. The molecule has 2 saturated heterocycles. The molecule has 7 rings (SSSR count). The first kappa shape index (κ1) is 28.8. The number of H-pyrrole nitrogens is 2. The molecule has 3 fully saturated rings. The van der Waals surface area contributed by atoms with Gasteiger partial charge in [-0.15, -0.1) is 0 Å². The lowest BCUT2D eigenvalue weighted by atomic mass is 9.66. The maximum atomic E-state index is 14.7. The summed E-state index contributed by atoms with van der Waals surface area (Å²) in [5.41, 5.74) is 3.09. The number of hydrogen-bond donors (Lipinski definition) is 2. The van der Waals surface area contributed by atoms with Gasteiger partial charge in [0.15, 0.2) is 0 Å². The molecule has 43 heavy (non-hydrogen) atoms. The maximum Gasteiger partial charge on any atom is 0.323 e. The molecule has 6 atom stereocenters. The summed E-state index contributed by atoms with van der Waals surface area (Å²) in [6.07, 6.45) is 17.3. The van der Waals surface area contributed by atoms with E-state index in [4.69, 9.17) is 4.74 Å². The molecule has 0 amide bonds. The Morgan fingerprint density at radius 3 is 2.84 bits per heavy atom. The first-order chi connectivity index (χ1) is 20.9. The first-order valence-corrected chi connectivity index (χ1v) is 16.5. The number of halogens is 1. The molecule has 8 heteroatoms. The number of nitrogens with one attached hydrogen (secondary N) is 2. The van der Waals surface area contributed by atoms with Crippen LogP contribution in [0.1, 0.15) is 64.4 Å². The number of rotatable bonds is 7. The Labute approximate surface area is 254 Å². The standard InChI is InChI=1S/C35H46FN5O2/c1-23(2)26-5-3-4-6-27(26)28-18-25(36)8-10-32(28)43-33-19-37-14-11-31(33)41-16-13-35(22-41)12-15-40(21-35)20-24-7-9-29-30(17-24)39-34(42)38-29/h7-10,14,17-19,23,26-28,31-32H,3-6,11-13,15-16,20-22H2,1-2H3,(H2,38,39,42). The van der Waals surface area contributed by atoms with Crippen molar-refractivity contribution < 1.29 is 9.13 Å². The zero-order valence-electron chi connectivity index (χ0n) is 25.6. The number of allylic oxidation sites excluding steroid dienone is 2. The van der Waals surface area contributed by atoms with Crippen molar-refractivity contribution in [3.63, 3.8) is 0 Å². The van der Waals surface area contributed by atoms with Crippen molar-refractivity contribution in [1.82, 2.24) is 19.8 Å². The topological polar surface area (TPSA) is 76.7 Å². The van der Waals surface area contributed by atoms with Gasteiger partial charge in [-0.05, 0) is 97.9 Å². The van der Waals surface area contributed by atoms with Crippen LogP contribution in [-0.4, -0.2) is 64.3 Å². The third-order valence-electron chi connectivity index (χ3n) is 11.1. The summed E-state index contributed by atoms with van der Waals surface area (Å²) < 4.78 is 21.5. The van der Waals surface area contributed by atoms with E-state index in [0.29, 0.717) is 17.8 Å². The molecule has 1 spiro atoms. The molecule has 4 heterocycles. The van der Waals surface area contributed by atoms with Gasteiger partial charge in [0.2, 0.25) is 0 Å². The fourth-order valence-corrected chi connectivity index (χ4v) is 8.88. The van der Waals surface area contributed by atoms with E-state index in [9.17, 15) is 9.18 Å². The molecule has 1 saturated carbocycles. The van der Waals surface area contributed by atoms with Gasteiger partial charge in [0.25, 0.3) is 0 Å². The number of imidazole rings is 1. The highest BCUT2D eigenvalue weighted by atomic mass is 19.1. The van der Waals surface area contributed by atoms with E-state index in [1.54, 1.807) is 6.08 Å². The van der Waals surface area contributed by atoms with Crippen molar-refractivity contribution in [2.45, 2.75) is 77.5 Å². The lowest BCUT2D eigenvalue weighted by molar-refractivity contribution is 0.0265. The molecule has 5 aliphatic rings. The van der Waals surface area contributed by atoms with Crippen molar-refractivity contribution >= 4 is 17.2 Å². The highest BCUT2D eigenvalue weighted by Crippen LogP contribution is 2.45. The average Bonchev–Trinajstić information content (AvgIpc) is 3.71. The van der Waals surface area contributed by atoms with E-state index >= 15 is 0 Å². The van der Waals surface area contributed by atoms with Crippen molar-refractivity contribution in [3.05, 3.63) is 70.3 Å². The molecular weight excluding hydrogens is 541 g/mol. The molecular formula is C35H46FN5O2. The zero-order valence-corrected chi connectivity index (χ0v) is 25.6. The van der Waals surface area contributed by atoms with E-state index in [0.717, 1.165) is 62.4 Å². The molecule has 230 valence electrons. The number of ether oxygens (including phenoxy) is 1. The summed E-state index contributed by atoms with van der Waals surface area (Å²) in [6, 6.07) is 6.39. The monoisotopic (exact) mass is 587 g/mol. The molecule has 2 aromatic rings. The molecule has 7 nitrogen and oxygen atoms in total. The Kier molecular flexibility index (Phi) is 7.93. The van der Waals surface area contributed by atoms with Gasteiger partial charge in [-0.25, -0.2) is 9.18 Å². The van der Waals surface area contributed by atoms with Crippen LogP contribution in [0, 0.1) is 29.1 Å². The number of aromatic amines is 2. The van der Waals surface area contributed by atoms with E-state index in [-0.39, 0.29) is 35.0 Å². The van der Waals surface area contributed by atoms with Gasteiger partial charge in [0.1, 0.15) is 17.7 Å². The summed E-state index contributed by atoms with van der Waals surface area (Å²) in [5.74, 6) is 2.51. The molecule has 0 radical (unpaired) electrons. The molecule has 2 aliphatic carbocycles. The second kappa shape index (κ2) is 11.8. The smallest absolute Gasteiger partial charge is 0.323 e. The number of benzene rings is 1. The summed E-state index contributed by atoms with van der Waals surface area (Å²) in [5, 5.41) is 0. The van der Waals surface area contributed by atoms with Crippen LogP contribution < -0.4 is 5.69 Å². The van der Waals surface area contributed by atoms with Crippen LogP contribution in [0.4, 0.5) is 4.39 Å². The Morgan fingerprint density at radius 1 is 1.12 bits per heavy atom. The van der Waals surface area contributed by atoms with Crippen LogP contribution in [0.3, 0.4) is 0 Å². The highest BCUT2D eigenvalue weighted by Gasteiger charge is 2.46. The fraction of sp³-hybridized carbons (Fsp3) is 0.600. The average molecular weight is 588 g/mol. The van der Waals surface area contributed by atoms with Crippen LogP contribution in [0.2, 0.25) is 0 Å². The molecule has 6 unspecified atom stereocenters. The van der Waals surface area contributed by atoms with Crippen molar-refractivity contribution in [3.8, 4) is 0 Å². The minimum absolute atomic E-state index is 0.0572. The molecule has 1 aromatic heterocycles. The van der Waals surface area contributed by atoms with Gasteiger partial charge in [0, 0.05) is 38.2 Å². The Morgan fingerprint density at radius 2 is 1.95 bits per heavy atom. The van der Waals surface area contributed by atoms with Gasteiger partial charge in [0.05, 0.1) is 23.3 Å². The van der Waals surface area contributed by atoms with Gasteiger partial charge in [-0.1, -0.05) is 32.8 Å². The number of likely N-dealkylation sites (tertiary alicyclic amines) is 2. The van der Waals surface area contributed by atoms with Crippen LogP contribution in [0.15, 0.2) is 64.0 Å². The Balaban J connectivity index is 1.02. The summed E-state index contributed by atoms with van der Waals surface area (Å²) in [4.78, 5) is 27.1. The largest absolute Gasteiger partial charge is 0.487 e. The molecule has 0 bridgehead atoms. The molecule has 2 N–H and O–H groups in total. The Bertz CT molecular complexity index is 1500. The van der Waals surface area contributed by atoms with Crippen LogP contribution in [0.5, 0.6) is 0 Å². The lowest BCUT2D eigenvalue weighted by Gasteiger charge is -2.42. The number of hydrogen-bond acceptors (Lipinski definition) is 5. The van der Waals surface area contributed by atoms with Crippen molar-refractivity contribution in [2.75, 3.05) is 26.2 Å². The number of nitrogens with zero attached hydrogens (tertiary/aromatic N) is 3. The van der Waals surface area contributed by atoms with E-state index in [2.05, 4.69) is 50.7 Å². The summed E-state index contributed by atoms with van der Waals surface area (Å²) in [7, 11) is 0. The number of aliphatic imine (C=N–C) groups is 1. The maximum absolute atomic E-state index is 14.7. The first-order valence-electron chi connectivity index (χ1n) is 16.5. The lowest BCUT2D eigenvalue weighted by Crippen LogP contribution is -2.42. The van der Waals surface area contributed by atoms with Gasteiger partial charge in [-0.2, -0.15) is 0 Å². The predicted octanol–water partition coefficient (Wildman–Crippen LogP) is 6.33. The molecule has 3 aliphatic heterocycles. The van der Waals surface area contributed by atoms with Crippen LogP contribution in [0.25, 0.3) is 11.0 Å². The Hall–Kier alpha value is -2.97. The van der Waals surface area contributed by atoms with Gasteiger partial charge in [-0.3, -0.25) is 14.8 Å². The highest BCUT2D eigenvalue weighted by molar-refractivity contribution is 5.75. The second-order valence-electron chi connectivity index (χ2n) is 14.2. The quantitative estimate of drug-likeness (QED) is 0.397. The van der Waals surface area contributed by atoms with Crippen LogP contribution in [-0.2, 0) is 11.3 Å². The van der Waals surface area contributed by atoms with Crippen molar-refractivity contribution in [1.29, 1.82) is 0 Å². The minimum atomic E-state index is -0.157. The minimum Gasteiger partial charge on any atom is -0.487 e. The molecule has 1 aromatic carbocycles. The van der Waals surface area contributed by atoms with E-state index in [1.165, 1.54) is 37.7 Å². The second-order valence-corrected chi connectivity index (χ2v) is 14.2. The third-order valence-corrected chi connectivity index (χ3v) is 11.1. The number of aromatic nitrogens is 2. The van der Waals surface area contributed by atoms with Crippen molar-refractivity contribution in [2.24, 2.45) is 34.1 Å². The van der Waals surface area contributed by atoms with Crippen LogP contribution >= 0.6 is 0 Å². The van der Waals surface area contributed by atoms with Gasteiger partial charge < -0.3 is 14.7 Å². The SMILES string of the molecule is CC(C)C1CCCCC1C1C=C(F)C=CC1OC1=CN=CCC1N1CCC2(CCN(Cc3ccc4[nH]c(=O)[nH]c4c3)C2)C1. The fourth-order valence-electron chi connectivity index (χ4n) is 8.88. The van der Waals surface area contributed by atoms with E-state index < -0.39 is 0 Å². The summed E-state index contributed by atoms with van der Waals surface area (Å²) >= 11 is 0. The van der Waals surface area contributed by atoms with Gasteiger partial charge >= 0.3 is 5.69 Å². The summed E-state index contributed by atoms with van der Waals surface area (Å²) in [6.45, 7) is 9.83. The predicted molar refractivity (Wildman–Crippen MR) is 169 cm³/mol.